The molecule has 2 atom stereocenters. The van der Waals surface area contributed by atoms with Crippen LogP contribution < -0.4 is 10.0 Å². The molecule has 7 nitrogen and oxygen atoms in total. The van der Waals surface area contributed by atoms with Gasteiger partial charge in [0.05, 0.1) is 6.26 Å². The van der Waals surface area contributed by atoms with Crippen LogP contribution >= 0.6 is 0 Å². The van der Waals surface area contributed by atoms with Crippen LogP contribution in [0, 0.1) is 0 Å². The number of aliphatic carboxylic acids is 1. The van der Waals surface area contributed by atoms with Gasteiger partial charge in [0.1, 0.15) is 12.1 Å². The van der Waals surface area contributed by atoms with E-state index in [0.717, 1.165) is 6.26 Å². The molecule has 8 heteroatoms. The van der Waals surface area contributed by atoms with Crippen molar-refractivity contribution < 1.29 is 23.1 Å². The minimum Gasteiger partial charge on any atom is -0.480 e. The minimum atomic E-state index is -3.49. The molecule has 0 aromatic heterocycles. The molecule has 1 heterocycles. The SMILES string of the molecule is CS(=O)(=O)N[C@H]1C[C@@H](C(=O)O)NC1=O. The first-order valence-electron chi connectivity index (χ1n) is 3.80. The van der Waals surface area contributed by atoms with Gasteiger partial charge in [-0.2, -0.15) is 0 Å². The topological polar surface area (TPSA) is 113 Å². The molecule has 14 heavy (non-hydrogen) atoms. The number of carbonyl (C=O) groups is 2. The number of hydrogen-bond acceptors (Lipinski definition) is 4. The van der Waals surface area contributed by atoms with E-state index in [0.29, 0.717) is 0 Å². The predicted molar refractivity (Wildman–Crippen MR) is 46.0 cm³/mol. The molecule has 0 radical (unpaired) electrons. The van der Waals surface area contributed by atoms with Crippen LogP contribution in [0.25, 0.3) is 0 Å². The predicted octanol–water partition coefficient (Wildman–Crippen LogP) is -2.12. The minimum absolute atomic E-state index is 0.0682. The number of amides is 1. The Kier molecular flexibility index (Phi) is 2.76. The van der Waals surface area contributed by atoms with E-state index in [1.54, 1.807) is 0 Å². The summed E-state index contributed by atoms with van der Waals surface area (Å²) in [5.74, 6) is -1.78. The second-order valence-corrected chi connectivity index (χ2v) is 4.86. The molecule has 1 saturated heterocycles. The van der Waals surface area contributed by atoms with Crippen LogP contribution in [-0.4, -0.2) is 43.7 Å². The molecule has 0 aliphatic carbocycles. The normalized spacial score (nSPS) is 27.4. The molecule has 3 N–H and O–H groups in total. The van der Waals surface area contributed by atoms with Crippen LogP contribution in [0.15, 0.2) is 0 Å². The van der Waals surface area contributed by atoms with Crippen LogP contribution in [-0.2, 0) is 19.6 Å². The fraction of sp³-hybridized carbons (Fsp3) is 0.667. The fourth-order valence-corrected chi connectivity index (χ4v) is 1.92. The number of rotatable bonds is 3. The third-order valence-corrected chi connectivity index (χ3v) is 2.47. The van der Waals surface area contributed by atoms with Crippen molar-refractivity contribution in [1.82, 2.24) is 10.0 Å². The molecular weight excluding hydrogens is 212 g/mol. The Hall–Kier alpha value is -1.15. The summed E-state index contributed by atoms with van der Waals surface area (Å²) in [4.78, 5) is 21.5. The quantitative estimate of drug-likeness (QED) is 0.505. The summed E-state index contributed by atoms with van der Waals surface area (Å²) in [6, 6.07) is -1.99. The Labute approximate surface area is 80.5 Å². The van der Waals surface area contributed by atoms with Crippen LogP contribution in [0.5, 0.6) is 0 Å². The van der Waals surface area contributed by atoms with Gasteiger partial charge in [0.25, 0.3) is 0 Å². The average Bonchev–Trinajstić information content (AvgIpc) is 2.29. The fourth-order valence-electron chi connectivity index (χ4n) is 1.20. The molecule has 1 aliphatic heterocycles. The van der Waals surface area contributed by atoms with Gasteiger partial charge in [-0.25, -0.2) is 17.9 Å². The van der Waals surface area contributed by atoms with Gasteiger partial charge in [-0.05, 0) is 0 Å². The maximum absolute atomic E-state index is 11.1. The second-order valence-electron chi connectivity index (χ2n) is 3.08. The van der Waals surface area contributed by atoms with Crippen molar-refractivity contribution in [3.63, 3.8) is 0 Å². The van der Waals surface area contributed by atoms with Crippen LogP contribution in [0.4, 0.5) is 0 Å². The standard InChI is InChI=1S/C6H10N2O5S/c1-14(12,13)8-3-2-4(6(10)11)7-5(3)9/h3-4,8H,2H2,1H3,(H,7,9)(H,10,11)/t3-,4-/m0/s1. The Morgan fingerprint density at radius 3 is 2.57 bits per heavy atom. The molecule has 1 fully saturated rings. The highest BCUT2D eigenvalue weighted by atomic mass is 32.2. The number of carboxylic acid groups (broad SMARTS) is 1. The summed E-state index contributed by atoms with van der Waals surface area (Å²) >= 11 is 0. The monoisotopic (exact) mass is 222 g/mol. The molecule has 1 aliphatic rings. The number of hydrogen-bond donors (Lipinski definition) is 3. The van der Waals surface area contributed by atoms with E-state index in [9.17, 15) is 18.0 Å². The lowest BCUT2D eigenvalue weighted by Gasteiger charge is -2.06. The van der Waals surface area contributed by atoms with E-state index in [-0.39, 0.29) is 6.42 Å². The average molecular weight is 222 g/mol. The zero-order valence-corrected chi connectivity index (χ0v) is 8.17. The lowest BCUT2D eigenvalue weighted by atomic mass is 10.2. The van der Waals surface area contributed by atoms with E-state index in [2.05, 4.69) is 5.32 Å². The number of carbonyl (C=O) groups excluding carboxylic acids is 1. The zero-order chi connectivity index (χ0) is 10.9. The molecule has 0 unspecified atom stereocenters. The van der Waals surface area contributed by atoms with Gasteiger partial charge in [0.2, 0.25) is 15.9 Å². The van der Waals surface area contributed by atoms with Gasteiger partial charge < -0.3 is 10.4 Å². The Bertz CT molecular complexity index is 362. The first-order chi connectivity index (χ1) is 6.29. The molecule has 0 bridgehead atoms. The molecule has 80 valence electrons. The van der Waals surface area contributed by atoms with Gasteiger partial charge in [-0.15, -0.1) is 0 Å². The van der Waals surface area contributed by atoms with Crippen molar-refractivity contribution in [2.45, 2.75) is 18.5 Å². The van der Waals surface area contributed by atoms with E-state index in [1.807, 2.05) is 4.72 Å². The zero-order valence-electron chi connectivity index (χ0n) is 7.35. The van der Waals surface area contributed by atoms with E-state index in [1.165, 1.54) is 0 Å². The summed E-state index contributed by atoms with van der Waals surface area (Å²) in [6.45, 7) is 0. The van der Waals surface area contributed by atoms with E-state index in [4.69, 9.17) is 5.11 Å². The van der Waals surface area contributed by atoms with E-state index >= 15 is 0 Å². The molecule has 0 aromatic carbocycles. The van der Waals surface area contributed by atoms with Crippen molar-refractivity contribution in [2.75, 3.05) is 6.26 Å². The second kappa shape index (κ2) is 3.54. The summed E-state index contributed by atoms with van der Waals surface area (Å²) < 4.78 is 23.6. The van der Waals surface area contributed by atoms with Gasteiger partial charge in [0, 0.05) is 6.42 Å². The molecular formula is C6H10N2O5S. The van der Waals surface area contributed by atoms with Crippen molar-refractivity contribution >= 4 is 21.9 Å². The molecule has 1 amide bonds. The number of sulfonamides is 1. The summed E-state index contributed by atoms with van der Waals surface area (Å²) in [6.07, 6.45) is 0.843. The highest BCUT2D eigenvalue weighted by Crippen LogP contribution is 2.08. The Balaban J connectivity index is 2.67. The van der Waals surface area contributed by atoms with Gasteiger partial charge in [-0.3, -0.25) is 4.79 Å². The van der Waals surface area contributed by atoms with Gasteiger partial charge in [-0.1, -0.05) is 0 Å². The van der Waals surface area contributed by atoms with Crippen molar-refractivity contribution in [2.24, 2.45) is 0 Å². The van der Waals surface area contributed by atoms with Crippen molar-refractivity contribution in [1.29, 1.82) is 0 Å². The maximum atomic E-state index is 11.1. The summed E-state index contributed by atoms with van der Waals surface area (Å²) in [5, 5.41) is 10.7. The summed E-state index contributed by atoms with van der Waals surface area (Å²) in [7, 11) is -3.49. The maximum Gasteiger partial charge on any atom is 0.326 e. The van der Waals surface area contributed by atoms with Gasteiger partial charge in [0.15, 0.2) is 0 Å². The number of nitrogens with one attached hydrogen (secondary N) is 2. The first kappa shape index (κ1) is 10.9. The Morgan fingerprint density at radius 2 is 2.21 bits per heavy atom. The highest BCUT2D eigenvalue weighted by molar-refractivity contribution is 7.88. The van der Waals surface area contributed by atoms with Crippen molar-refractivity contribution in [3.8, 4) is 0 Å². The van der Waals surface area contributed by atoms with E-state index < -0.39 is 34.0 Å². The van der Waals surface area contributed by atoms with Crippen LogP contribution in [0.3, 0.4) is 0 Å². The lowest BCUT2D eigenvalue weighted by molar-refractivity contribution is -0.140. The smallest absolute Gasteiger partial charge is 0.326 e. The summed E-state index contributed by atoms with van der Waals surface area (Å²) in [5.41, 5.74) is 0. The number of carboxylic acids is 1. The first-order valence-corrected chi connectivity index (χ1v) is 5.69. The molecule has 0 saturated carbocycles. The molecule has 0 aromatic rings. The largest absolute Gasteiger partial charge is 0.480 e. The third-order valence-electron chi connectivity index (χ3n) is 1.76. The molecule has 1 rings (SSSR count). The van der Waals surface area contributed by atoms with Crippen LogP contribution in [0.1, 0.15) is 6.42 Å². The van der Waals surface area contributed by atoms with Crippen LogP contribution in [0.2, 0.25) is 0 Å². The Morgan fingerprint density at radius 1 is 1.64 bits per heavy atom. The highest BCUT2D eigenvalue weighted by Gasteiger charge is 2.37. The third kappa shape index (κ3) is 2.67. The van der Waals surface area contributed by atoms with Crippen molar-refractivity contribution in [3.05, 3.63) is 0 Å². The molecule has 0 spiro atoms. The van der Waals surface area contributed by atoms with Gasteiger partial charge >= 0.3 is 5.97 Å². The lowest BCUT2D eigenvalue weighted by Crippen LogP contribution is -2.39.